The molecule has 0 amide bonds. The summed E-state index contributed by atoms with van der Waals surface area (Å²) in [7, 11) is -4.71. The van der Waals surface area contributed by atoms with Crippen LogP contribution < -0.4 is 10.3 Å². The normalized spacial score (nSPS) is 12.0. The number of aryl methyl sites for hydroxylation is 1. The molecule has 0 radical (unpaired) electrons. The van der Waals surface area contributed by atoms with Gasteiger partial charge < -0.3 is 14.4 Å². The Hall–Kier alpha value is -4.11. The Morgan fingerprint density at radius 1 is 0.867 bits per heavy atom. The van der Waals surface area contributed by atoms with Gasteiger partial charge in [-0.25, -0.2) is 0 Å². The standard InChI is InChI=1S/C36H36ClNO6S/c1-4-6-16-38(17-7-5-2)26-13-10-24(11-14-26)8-9-25-12-15-27(35(19-25)45(41,42)43)36-28-18-23(3)31(39)21-33(28)44-34-22-32(40)30(37)20-29(34)36/h8-15,18-22,40H,4-7,16-17H2,1-3H3,(H,41,42,43)/b9-8+. The van der Waals surface area contributed by atoms with Gasteiger partial charge in [0.05, 0.1) is 5.02 Å². The lowest BCUT2D eigenvalue weighted by Gasteiger charge is -2.24. The van der Waals surface area contributed by atoms with Crippen molar-refractivity contribution in [3.63, 3.8) is 0 Å². The van der Waals surface area contributed by atoms with E-state index in [1.165, 1.54) is 30.0 Å². The first kappa shape index (κ1) is 32.3. The molecule has 9 heteroatoms. The minimum atomic E-state index is -4.71. The summed E-state index contributed by atoms with van der Waals surface area (Å²) in [5, 5.41) is 10.7. The zero-order valence-electron chi connectivity index (χ0n) is 25.5. The van der Waals surface area contributed by atoms with Gasteiger partial charge in [-0.05, 0) is 66.8 Å². The molecule has 0 bridgehead atoms. The van der Waals surface area contributed by atoms with Gasteiger partial charge in [0.2, 0.25) is 0 Å². The number of benzene rings is 4. The lowest BCUT2D eigenvalue weighted by molar-refractivity contribution is 0.474. The van der Waals surface area contributed by atoms with Gasteiger partial charge in [0.25, 0.3) is 10.1 Å². The Morgan fingerprint density at radius 2 is 1.51 bits per heavy atom. The molecule has 45 heavy (non-hydrogen) atoms. The van der Waals surface area contributed by atoms with Gasteiger partial charge in [0.15, 0.2) is 5.43 Å². The molecule has 2 N–H and O–H groups in total. The van der Waals surface area contributed by atoms with Crippen molar-refractivity contribution in [2.45, 2.75) is 51.3 Å². The third-order valence-corrected chi connectivity index (χ3v) is 9.12. The van der Waals surface area contributed by atoms with Crippen LogP contribution in [0.5, 0.6) is 5.75 Å². The number of phenolic OH excluding ortho intramolecular Hbond substituents is 1. The van der Waals surface area contributed by atoms with Crippen molar-refractivity contribution in [2.24, 2.45) is 0 Å². The highest BCUT2D eigenvalue weighted by molar-refractivity contribution is 7.86. The van der Waals surface area contributed by atoms with Crippen molar-refractivity contribution in [1.29, 1.82) is 0 Å². The lowest BCUT2D eigenvalue weighted by Crippen LogP contribution is -2.25. The van der Waals surface area contributed by atoms with Crippen molar-refractivity contribution in [3.05, 3.63) is 98.7 Å². The molecule has 234 valence electrons. The molecule has 1 aliphatic heterocycles. The monoisotopic (exact) mass is 645 g/mol. The number of hydrogen-bond donors (Lipinski definition) is 2. The summed E-state index contributed by atoms with van der Waals surface area (Å²) in [6, 6.07) is 18.8. The molecule has 5 rings (SSSR count). The molecule has 0 fully saturated rings. The second kappa shape index (κ2) is 13.5. The molecule has 0 unspecified atom stereocenters. The number of phenols is 1. The minimum Gasteiger partial charge on any atom is -0.506 e. The zero-order chi connectivity index (χ0) is 32.3. The number of anilines is 1. The number of halogens is 1. The maximum absolute atomic E-state index is 12.8. The van der Waals surface area contributed by atoms with Crippen molar-refractivity contribution in [1.82, 2.24) is 0 Å². The van der Waals surface area contributed by atoms with Gasteiger partial charge in [0.1, 0.15) is 22.0 Å². The minimum absolute atomic E-state index is 0.0355. The molecule has 0 saturated heterocycles. The summed E-state index contributed by atoms with van der Waals surface area (Å²) < 4.78 is 41.9. The highest BCUT2D eigenvalue weighted by Crippen LogP contribution is 2.45. The highest BCUT2D eigenvalue weighted by Gasteiger charge is 2.25. The second-order valence-electron chi connectivity index (χ2n) is 11.2. The SMILES string of the molecule is CCCCN(CCCC)c1ccc(/C=C/c2ccc(-c3c4cc(C)c(=O)cc-4oc4cc(O)c(Cl)cc34)c(S(=O)(=O)O)c2)cc1. The Kier molecular flexibility index (Phi) is 9.68. The third kappa shape index (κ3) is 7.09. The molecule has 0 spiro atoms. The molecule has 0 atom stereocenters. The van der Waals surface area contributed by atoms with Crippen molar-refractivity contribution in [2.75, 3.05) is 18.0 Å². The Labute approximate surface area is 268 Å². The van der Waals surface area contributed by atoms with Gasteiger partial charge in [-0.2, -0.15) is 8.42 Å². The Bertz CT molecular complexity index is 2010. The summed E-state index contributed by atoms with van der Waals surface area (Å²) in [6.45, 7) is 8.07. The van der Waals surface area contributed by atoms with Crippen molar-refractivity contribution >= 4 is 50.5 Å². The quantitative estimate of drug-likeness (QED) is 0.0838. The van der Waals surface area contributed by atoms with Crippen LogP contribution in [0.1, 0.15) is 56.2 Å². The van der Waals surface area contributed by atoms with E-state index in [4.69, 9.17) is 16.0 Å². The first-order valence-corrected chi connectivity index (χ1v) is 16.9. The number of fused-ring (bicyclic) bond motifs is 2. The van der Waals surface area contributed by atoms with E-state index in [9.17, 15) is 22.9 Å². The van der Waals surface area contributed by atoms with E-state index < -0.39 is 10.1 Å². The highest BCUT2D eigenvalue weighted by atomic mass is 35.5. The fraction of sp³-hybridized carbons (Fsp3) is 0.250. The summed E-state index contributed by atoms with van der Waals surface area (Å²) in [5.41, 5.74) is 4.10. The maximum atomic E-state index is 12.8. The van der Waals surface area contributed by atoms with Gasteiger partial charge in [0, 0.05) is 53.0 Å². The number of aromatic hydroxyl groups is 1. The molecule has 0 aromatic heterocycles. The number of rotatable bonds is 11. The summed E-state index contributed by atoms with van der Waals surface area (Å²) in [6.07, 6.45) is 8.22. The second-order valence-corrected chi connectivity index (χ2v) is 13.0. The van der Waals surface area contributed by atoms with E-state index in [0.29, 0.717) is 27.6 Å². The van der Waals surface area contributed by atoms with Gasteiger partial charge >= 0.3 is 0 Å². The molecule has 3 aromatic rings. The van der Waals surface area contributed by atoms with Gasteiger partial charge in [-0.3, -0.25) is 9.35 Å². The first-order chi connectivity index (χ1) is 21.5. The van der Waals surface area contributed by atoms with Crippen LogP contribution >= 0.6 is 11.6 Å². The third-order valence-electron chi connectivity index (χ3n) is 7.93. The van der Waals surface area contributed by atoms with Crippen LogP contribution in [0.4, 0.5) is 5.69 Å². The molecule has 7 nitrogen and oxygen atoms in total. The smallest absolute Gasteiger partial charge is 0.295 e. The van der Waals surface area contributed by atoms with Crippen molar-refractivity contribution < 1.29 is 22.5 Å². The average molecular weight is 646 g/mol. The Balaban J connectivity index is 1.58. The van der Waals surface area contributed by atoms with E-state index in [1.807, 2.05) is 18.2 Å². The Morgan fingerprint density at radius 3 is 2.16 bits per heavy atom. The van der Waals surface area contributed by atoms with E-state index in [0.717, 1.165) is 44.3 Å². The van der Waals surface area contributed by atoms with Crippen LogP contribution in [0.2, 0.25) is 5.02 Å². The van der Waals surface area contributed by atoms with Crippen LogP contribution in [0.15, 0.2) is 80.8 Å². The molecule has 1 heterocycles. The van der Waals surface area contributed by atoms with Crippen LogP contribution in [-0.4, -0.2) is 31.2 Å². The molecule has 0 saturated carbocycles. The maximum Gasteiger partial charge on any atom is 0.295 e. The van der Waals surface area contributed by atoms with E-state index >= 15 is 0 Å². The van der Waals surface area contributed by atoms with Crippen LogP contribution in [0.3, 0.4) is 0 Å². The topological polar surface area (TPSA) is 108 Å². The average Bonchev–Trinajstić information content (AvgIpc) is 3.01. The summed E-state index contributed by atoms with van der Waals surface area (Å²) in [5.74, 6) is -0.0303. The number of hydrogen-bond acceptors (Lipinski definition) is 6. The lowest BCUT2D eigenvalue weighted by atomic mass is 9.92. The van der Waals surface area contributed by atoms with Crippen LogP contribution in [0, 0.1) is 6.92 Å². The number of unbranched alkanes of at least 4 members (excludes halogenated alkanes) is 2. The van der Waals surface area contributed by atoms with Gasteiger partial charge in [-0.15, -0.1) is 0 Å². The van der Waals surface area contributed by atoms with Crippen LogP contribution in [0.25, 0.3) is 45.6 Å². The summed E-state index contributed by atoms with van der Waals surface area (Å²) in [4.78, 5) is 14.6. The largest absolute Gasteiger partial charge is 0.506 e. The molecular formula is C36H36ClNO6S. The van der Waals surface area contributed by atoms with E-state index in [-0.39, 0.29) is 38.0 Å². The molecule has 3 aromatic carbocycles. The zero-order valence-corrected chi connectivity index (χ0v) is 27.1. The molecule has 1 aliphatic carbocycles. The van der Waals surface area contributed by atoms with E-state index in [1.54, 1.807) is 31.2 Å². The van der Waals surface area contributed by atoms with E-state index in [2.05, 4.69) is 30.9 Å². The van der Waals surface area contributed by atoms with Gasteiger partial charge in [-0.1, -0.05) is 74.7 Å². The van der Waals surface area contributed by atoms with Crippen molar-refractivity contribution in [3.8, 4) is 28.2 Å². The first-order valence-electron chi connectivity index (χ1n) is 15.0. The summed E-state index contributed by atoms with van der Waals surface area (Å²) >= 11 is 6.26. The fourth-order valence-electron chi connectivity index (χ4n) is 5.44. The van der Waals surface area contributed by atoms with Crippen LogP contribution in [-0.2, 0) is 10.1 Å². The predicted octanol–water partition coefficient (Wildman–Crippen LogP) is 9.06. The molecular weight excluding hydrogens is 610 g/mol. The number of nitrogens with zero attached hydrogens (tertiary/aromatic N) is 1. The molecule has 2 aliphatic rings. The predicted molar refractivity (Wildman–Crippen MR) is 183 cm³/mol. The fourth-order valence-corrected chi connectivity index (χ4v) is 6.34.